The van der Waals surface area contributed by atoms with Gasteiger partial charge in [-0.2, -0.15) is 0 Å². The van der Waals surface area contributed by atoms with Gasteiger partial charge in [-0.15, -0.1) is 0 Å². The van der Waals surface area contributed by atoms with Gasteiger partial charge in [0.2, 0.25) is 5.91 Å². The lowest BCUT2D eigenvalue weighted by atomic mass is 9.42. The molecular weight excluding hydrogens is 634 g/mol. The number of likely N-dealkylation sites (N-methyl/N-ethyl adjacent to an activating group) is 1. The molecule has 6 saturated carbocycles. The molecule has 7 aliphatic rings. The Kier molecular flexibility index (Phi) is 7.32. The Balaban J connectivity index is 1.05. The van der Waals surface area contributed by atoms with Crippen LogP contribution in [-0.2, 0) is 25.4 Å². The number of carbonyl (C=O) groups excluding carboxylic acids is 2. The second-order valence-electron chi connectivity index (χ2n) is 16.2. The molecule has 13 atom stereocenters. The van der Waals surface area contributed by atoms with Gasteiger partial charge in [0.15, 0.2) is 0 Å². The molecule has 10 nitrogen and oxygen atoms in total. The molecule has 3 N–H and O–H groups in total. The molecule has 266 valence electrons. The summed E-state index contributed by atoms with van der Waals surface area (Å²) in [5, 5.41) is 28.8. The Labute approximate surface area is 293 Å². The molecule has 0 radical (unpaired) electrons. The van der Waals surface area contributed by atoms with Crippen LogP contribution < -0.4 is 5.32 Å². The quantitative estimate of drug-likeness (QED) is 0.264. The number of ether oxygens (including phenoxy) is 3. The number of aryl methyl sites for hydroxylation is 1. The molecule has 1 spiro atoms. The van der Waals surface area contributed by atoms with Gasteiger partial charge in [-0.05, 0) is 92.3 Å². The Morgan fingerprint density at radius 2 is 1.92 bits per heavy atom. The van der Waals surface area contributed by atoms with Crippen LogP contribution >= 0.6 is 0 Å². The first-order chi connectivity index (χ1) is 24.1. The molecule has 9 rings (SSSR count). The highest BCUT2D eigenvalue weighted by atomic mass is 16.6. The second kappa shape index (κ2) is 11.2. The third-order valence-electron chi connectivity index (χ3n) is 14.9. The number of fused-ring (bicyclic) bond motifs is 2. The van der Waals surface area contributed by atoms with Crippen molar-refractivity contribution in [1.82, 2.24) is 9.88 Å². The fourth-order valence-electron chi connectivity index (χ4n) is 13.3. The van der Waals surface area contributed by atoms with Crippen LogP contribution in [-0.4, -0.2) is 94.3 Å². The van der Waals surface area contributed by atoms with Crippen LogP contribution in [0.5, 0.6) is 0 Å². The molecule has 5 bridgehead atoms. The van der Waals surface area contributed by atoms with E-state index in [1.165, 1.54) is 6.08 Å². The first kappa shape index (κ1) is 32.7. The third-order valence-corrected chi connectivity index (χ3v) is 14.9. The monoisotopic (exact) mass is 683 g/mol. The fourth-order valence-corrected chi connectivity index (χ4v) is 13.3. The number of amides is 1. The maximum Gasteiger partial charge on any atom is 0.340 e. The average Bonchev–Trinajstić information content (AvgIpc) is 3.67. The van der Waals surface area contributed by atoms with Crippen LogP contribution in [0.15, 0.2) is 48.7 Å². The van der Waals surface area contributed by atoms with Crippen molar-refractivity contribution in [3.05, 3.63) is 65.5 Å². The van der Waals surface area contributed by atoms with Crippen molar-refractivity contribution in [2.45, 2.75) is 87.4 Å². The number of para-hydroxylation sites is 1. The highest BCUT2D eigenvalue weighted by molar-refractivity contribution is 6.06. The number of aliphatic hydroxyl groups is 2. The largest absolute Gasteiger partial charge is 0.454 e. The molecule has 2 heterocycles. The highest BCUT2D eigenvalue weighted by Crippen LogP contribution is 2.84. The van der Waals surface area contributed by atoms with E-state index in [1.54, 1.807) is 50.8 Å². The zero-order valence-corrected chi connectivity index (χ0v) is 29.4. The number of aromatic nitrogens is 1. The van der Waals surface area contributed by atoms with E-state index in [0.29, 0.717) is 55.1 Å². The lowest BCUT2D eigenvalue weighted by Gasteiger charge is -2.71. The van der Waals surface area contributed by atoms with Gasteiger partial charge in [0.05, 0.1) is 29.2 Å². The van der Waals surface area contributed by atoms with Crippen molar-refractivity contribution >= 4 is 23.6 Å². The topological polar surface area (TPSA) is 130 Å². The van der Waals surface area contributed by atoms with Crippen molar-refractivity contribution < 1.29 is 34.0 Å². The van der Waals surface area contributed by atoms with E-state index in [9.17, 15) is 19.8 Å². The number of rotatable bonds is 9. The summed E-state index contributed by atoms with van der Waals surface area (Å²) in [7, 11) is 3.52. The number of methoxy groups -OCH3 is 2. The van der Waals surface area contributed by atoms with Crippen molar-refractivity contribution in [2.24, 2.45) is 40.9 Å². The molecule has 7 fully saturated rings. The van der Waals surface area contributed by atoms with Gasteiger partial charge in [0.1, 0.15) is 16.8 Å². The van der Waals surface area contributed by atoms with Gasteiger partial charge < -0.3 is 29.7 Å². The predicted molar refractivity (Wildman–Crippen MR) is 185 cm³/mol. The second-order valence-corrected chi connectivity index (χ2v) is 16.2. The Hall–Kier alpha value is -3.15. The summed E-state index contributed by atoms with van der Waals surface area (Å²) in [6, 6.07) is 10.9. The Bertz CT molecular complexity index is 1770. The van der Waals surface area contributed by atoms with Crippen LogP contribution in [0.2, 0.25) is 0 Å². The maximum absolute atomic E-state index is 14.4. The summed E-state index contributed by atoms with van der Waals surface area (Å²) in [5.41, 5.74) is -1.32. The van der Waals surface area contributed by atoms with Gasteiger partial charge in [-0.3, -0.25) is 14.7 Å². The molecule has 1 saturated heterocycles. The molecule has 1 aromatic heterocycles. The molecule has 10 heteroatoms. The molecule has 2 unspecified atom stereocenters. The minimum Gasteiger partial charge on any atom is -0.454 e. The Morgan fingerprint density at radius 1 is 1.10 bits per heavy atom. The fraction of sp³-hybridized carbons (Fsp3) is 0.625. The lowest BCUT2D eigenvalue weighted by molar-refractivity contribution is -0.333. The van der Waals surface area contributed by atoms with Crippen LogP contribution in [0.4, 0.5) is 5.69 Å². The number of hydrogen-bond donors (Lipinski definition) is 3. The number of likely N-dealkylation sites (tertiary alicyclic amines) is 1. The summed E-state index contributed by atoms with van der Waals surface area (Å²) >= 11 is 0. The number of anilines is 1. The minimum absolute atomic E-state index is 0.00211. The third kappa shape index (κ3) is 4.00. The first-order valence-electron chi connectivity index (χ1n) is 18.6. The number of piperidine rings is 1. The van der Waals surface area contributed by atoms with Crippen LogP contribution in [0, 0.1) is 40.9 Å². The predicted octanol–water partition coefficient (Wildman–Crippen LogP) is 4.10. The SMILES string of the molecule is CCc1ccnc(/C=C/C(=O)Nc2ccccc2C(=O)O[C@@]23CC[C@H](OC)[C@]45C([C@@H](C[C@H]24)[C@@]2(O)C[C@H](OC)C4[C@H]6C[C@@H]5[C@]2(O)[C@H]46)N(CC)C3)c1. The van der Waals surface area contributed by atoms with Crippen LogP contribution in [0.3, 0.4) is 0 Å². The number of nitrogens with one attached hydrogen (secondary N) is 1. The van der Waals surface area contributed by atoms with Crippen molar-refractivity contribution in [3.63, 3.8) is 0 Å². The maximum atomic E-state index is 14.4. The summed E-state index contributed by atoms with van der Waals surface area (Å²) < 4.78 is 19.2. The normalized spacial score (nSPS) is 44.6. The molecule has 1 aromatic carbocycles. The van der Waals surface area contributed by atoms with E-state index in [1.807, 2.05) is 12.1 Å². The summed E-state index contributed by atoms with van der Waals surface area (Å²) in [6.45, 7) is 5.50. The van der Waals surface area contributed by atoms with Gasteiger partial charge in [0.25, 0.3) is 0 Å². The average molecular weight is 684 g/mol. The van der Waals surface area contributed by atoms with Crippen molar-refractivity contribution in [3.8, 4) is 0 Å². The Morgan fingerprint density at radius 3 is 2.68 bits per heavy atom. The summed E-state index contributed by atoms with van der Waals surface area (Å²) in [6.07, 6.45) is 8.76. The molecule has 1 amide bonds. The van der Waals surface area contributed by atoms with Gasteiger partial charge in [-0.1, -0.05) is 26.0 Å². The van der Waals surface area contributed by atoms with Crippen LogP contribution in [0.1, 0.15) is 67.6 Å². The number of nitrogens with zero attached hydrogens (tertiary/aromatic N) is 2. The number of pyridine rings is 1. The van der Waals surface area contributed by atoms with E-state index >= 15 is 0 Å². The van der Waals surface area contributed by atoms with E-state index in [4.69, 9.17) is 14.2 Å². The summed E-state index contributed by atoms with van der Waals surface area (Å²) in [5.74, 6) is -0.678. The zero-order valence-electron chi connectivity index (χ0n) is 29.4. The van der Waals surface area contributed by atoms with Crippen molar-refractivity contribution in [1.29, 1.82) is 0 Å². The number of benzene rings is 1. The number of hydrogen-bond acceptors (Lipinski definition) is 9. The van der Waals surface area contributed by atoms with Crippen LogP contribution in [0.25, 0.3) is 6.08 Å². The molecule has 50 heavy (non-hydrogen) atoms. The van der Waals surface area contributed by atoms with Gasteiger partial charge in [-0.25, -0.2) is 4.79 Å². The van der Waals surface area contributed by atoms with Gasteiger partial charge >= 0.3 is 5.97 Å². The lowest BCUT2D eigenvalue weighted by Crippen LogP contribution is -2.82. The van der Waals surface area contributed by atoms with E-state index < -0.39 is 28.2 Å². The number of carbonyl (C=O) groups is 2. The first-order valence-corrected chi connectivity index (χ1v) is 18.6. The standard InChI is InChI=1S/C40H49N3O7/c1-5-22-14-16-41-23(17-22)11-12-32(44)42-27-10-8-7-9-24(27)36(45)50-37-15-13-31(49-4)39-29(37)19-26(35(39)43(6-2)21-37)38(46)20-28(48-3)33-25-18-30(39)40(38,47)34(25)33/h7-12,14,16-17,25-26,28-31,33-35,46-47H,5-6,13,15,18-21H2,1-4H3,(H,42,44)/b12-11+/t25-,26-,28+,29-,30+,31+,33?,34+,35?,37-,38+,39+,40+/m1/s1. The minimum atomic E-state index is -1.29. The van der Waals surface area contributed by atoms with E-state index in [0.717, 1.165) is 24.9 Å². The van der Waals surface area contributed by atoms with Crippen molar-refractivity contribution in [2.75, 3.05) is 32.6 Å². The van der Waals surface area contributed by atoms with E-state index in [2.05, 4.69) is 29.0 Å². The van der Waals surface area contributed by atoms with E-state index in [-0.39, 0.29) is 53.7 Å². The number of esters is 1. The summed E-state index contributed by atoms with van der Waals surface area (Å²) in [4.78, 5) is 34.3. The molecule has 2 aromatic rings. The smallest absolute Gasteiger partial charge is 0.340 e. The van der Waals surface area contributed by atoms with Gasteiger partial charge in [0, 0.05) is 68.7 Å². The molecule has 1 aliphatic heterocycles. The molecule has 6 aliphatic carbocycles. The zero-order chi connectivity index (χ0) is 34.8. The highest BCUT2D eigenvalue weighted by Gasteiger charge is 2.92. The molecular formula is C40H49N3O7.